The van der Waals surface area contributed by atoms with Crippen LogP contribution in [0.1, 0.15) is 33.1 Å². The Morgan fingerprint density at radius 2 is 2.00 bits per heavy atom. The lowest BCUT2D eigenvalue weighted by Gasteiger charge is -2.24. The highest BCUT2D eigenvalue weighted by molar-refractivity contribution is 5.83. The first-order valence-corrected chi connectivity index (χ1v) is 5.14. The molecule has 0 heterocycles. The molecule has 0 saturated carbocycles. The quantitative estimate of drug-likeness (QED) is 0.674. The van der Waals surface area contributed by atoms with Crippen molar-refractivity contribution in [1.82, 2.24) is 4.90 Å². The summed E-state index contributed by atoms with van der Waals surface area (Å²) in [6.45, 7) is 3.57. The zero-order valence-corrected chi connectivity index (χ0v) is 9.56. The molecule has 1 amide bonds. The van der Waals surface area contributed by atoms with Crippen LogP contribution in [0.5, 0.6) is 0 Å². The topological polar surface area (TPSA) is 83.6 Å². The Kier molecular flexibility index (Phi) is 5.93. The van der Waals surface area contributed by atoms with Crippen molar-refractivity contribution in [3.8, 4) is 0 Å². The van der Waals surface area contributed by atoms with Crippen molar-refractivity contribution >= 4 is 11.9 Å². The molecule has 0 radical (unpaired) electrons. The van der Waals surface area contributed by atoms with Gasteiger partial charge in [0.2, 0.25) is 5.91 Å². The maximum Gasteiger partial charge on any atom is 0.326 e. The van der Waals surface area contributed by atoms with E-state index in [1.807, 2.05) is 6.92 Å². The number of carbonyl (C=O) groups excluding carboxylic acids is 1. The molecule has 15 heavy (non-hydrogen) atoms. The molecule has 5 heteroatoms. The molecule has 88 valence electrons. The smallest absolute Gasteiger partial charge is 0.326 e. The number of hydrogen-bond acceptors (Lipinski definition) is 3. The van der Waals surface area contributed by atoms with Crippen molar-refractivity contribution in [1.29, 1.82) is 0 Å². The van der Waals surface area contributed by atoms with Gasteiger partial charge in [0.15, 0.2) is 0 Å². The van der Waals surface area contributed by atoms with E-state index < -0.39 is 12.0 Å². The van der Waals surface area contributed by atoms with Crippen LogP contribution in [-0.2, 0) is 9.59 Å². The highest BCUT2D eigenvalue weighted by Gasteiger charge is 2.24. The Morgan fingerprint density at radius 3 is 2.33 bits per heavy atom. The number of carboxylic acids is 1. The van der Waals surface area contributed by atoms with E-state index in [2.05, 4.69) is 0 Å². The van der Waals surface area contributed by atoms with Crippen LogP contribution in [0.3, 0.4) is 0 Å². The van der Waals surface area contributed by atoms with Gasteiger partial charge in [0.1, 0.15) is 6.04 Å². The van der Waals surface area contributed by atoms with E-state index in [0.717, 1.165) is 0 Å². The van der Waals surface area contributed by atoms with Gasteiger partial charge >= 0.3 is 5.97 Å². The van der Waals surface area contributed by atoms with Crippen LogP contribution in [-0.4, -0.2) is 41.0 Å². The van der Waals surface area contributed by atoms with Crippen molar-refractivity contribution in [3.05, 3.63) is 0 Å². The molecule has 0 aromatic rings. The third-order valence-electron chi connectivity index (χ3n) is 2.35. The molecule has 0 bridgehead atoms. The fraction of sp³-hybridized carbons (Fsp3) is 0.800. The van der Waals surface area contributed by atoms with Gasteiger partial charge in [-0.1, -0.05) is 6.92 Å². The van der Waals surface area contributed by atoms with E-state index in [4.69, 9.17) is 10.8 Å². The zero-order chi connectivity index (χ0) is 12.0. The standard InChI is InChI=1S/C10H20N2O3/c1-4-8(10(14)15)12(3)9(13)6-5-7(2)11/h7-8H,4-6,11H2,1-3H3,(H,14,15). The second kappa shape index (κ2) is 6.40. The number of amides is 1. The van der Waals surface area contributed by atoms with Gasteiger partial charge in [-0.05, 0) is 19.8 Å². The Morgan fingerprint density at radius 1 is 1.47 bits per heavy atom. The summed E-state index contributed by atoms with van der Waals surface area (Å²) in [5.41, 5.74) is 5.52. The second-order valence-corrected chi connectivity index (χ2v) is 3.78. The highest BCUT2D eigenvalue weighted by Crippen LogP contribution is 2.06. The molecule has 2 atom stereocenters. The van der Waals surface area contributed by atoms with E-state index in [1.54, 1.807) is 6.92 Å². The molecule has 0 aromatic heterocycles. The zero-order valence-electron chi connectivity index (χ0n) is 9.56. The van der Waals surface area contributed by atoms with Crippen LogP contribution in [0.2, 0.25) is 0 Å². The number of hydrogen-bond donors (Lipinski definition) is 2. The number of nitrogens with zero attached hydrogens (tertiary/aromatic N) is 1. The van der Waals surface area contributed by atoms with Crippen LogP contribution in [0.4, 0.5) is 0 Å². The molecule has 0 spiro atoms. The Labute approximate surface area is 90.2 Å². The predicted octanol–water partition coefficient (Wildman–Crippen LogP) is 0.435. The average Bonchev–Trinajstić information content (AvgIpc) is 2.14. The third-order valence-corrected chi connectivity index (χ3v) is 2.35. The summed E-state index contributed by atoms with van der Waals surface area (Å²) in [5, 5.41) is 8.85. The second-order valence-electron chi connectivity index (χ2n) is 3.78. The van der Waals surface area contributed by atoms with Crippen molar-refractivity contribution in [2.45, 2.75) is 45.2 Å². The van der Waals surface area contributed by atoms with Crippen molar-refractivity contribution in [2.24, 2.45) is 5.73 Å². The van der Waals surface area contributed by atoms with Gasteiger partial charge in [-0.25, -0.2) is 4.79 Å². The SMILES string of the molecule is CCC(C(=O)O)N(C)C(=O)CCC(C)N. The predicted molar refractivity (Wildman–Crippen MR) is 57.4 cm³/mol. The Hall–Kier alpha value is -1.10. The number of aliphatic carboxylic acids is 1. The van der Waals surface area contributed by atoms with Gasteiger partial charge < -0.3 is 15.7 Å². The van der Waals surface area contributed by atoms with E-state index in [1.165, 1.54) is 11.9 Å². The third kappa shape index (κ3) is 4.78. The molecule has 0 rings (SSSR count). The van der Waals surface area contributed by atoms with Crippen molar-refractivity contribution in [2.75, 3.05) is 7.05 Å². The minimum Gasteiger partial charge on any atom is -0.480 e. The van der Waals surface area contributed by atoms with Crippen LogP contribution in [0.25, 0.3) is 0 Å². The fourth-order valence-corrected chi connectivity index (χ4v) is 1.32. The minimum absolute atomic E-state index is 0.0349. The van der Waals surface area contributed by atoms with Crippen LogP contribution in [0.15, 0.2) is 0 Å². The molecule has 0 fully saturated rings. The number of carboxylic acid groups (broad SMARTS) is 1. The minimum atomic E-state index is -0.964. The van der Waals surface area contributed by atoms with E-state index in [9.17, 15) is 9.59 Å². The summed E-state index contributed by atoms with van der Waals surface area (Å²) in [7, 11) is 1.52. The molecule has 5 nitrogen and oxygen atoms in total. The summed E-state index contributed by atoms with van der Waals surface area (Å²) in [5.74, 6) is -1.13. The van der Waals surface area contributed by atoms with Gasteiger partial charge in [0, 0.05) is 19.5 Å². The molecular formula is C10H20N2O3. The van der Waals surface area contributed by atoms with Gasteiger partial charge in [-0.2, -0.15) is 0 Å². The largest absolute Gasteiger partial charge is 0.480 e. The van der Waals surface area contributed by atoms with Gasteiger partial charge in [0.25, 0.3) is 0 Å². The average molecular weight is 216 g/mol. The Balaban J connectivity index is 4.22. The number of nitrogens with two attached hydrogens (primary N) is 1. The Bertz CT molecular complexity index is 229. The molecule has 0 aliphatic heterocycles. The maximum absolute atomic E-state index is 11.6. The first kappa shape index (κ1) is 13.9. The van der Waals surface area contributed by atoms with Crippen molar-refractivity contribution < 1.29 is 14.7 Å². The first-order chi connectivity index (χ1) is 6.90. The summed E-state index contributed by atoms with van der Waals surface area (Å²) >= 11 is 0. The van der Waals surface area contributed by atoms with E-state index in [0.29, 0.717) is 19.3 Å². The number of carbonyl (C=O) groups is 2. The fourth-order valence-electron chi connectivity index (χ4n) is 1.32. The lowest BCUT2D eigenvalue weighted by atomic mass is 10.1. The molecule has 0 saturated heterocycles. The van der Waals surface area contributed by atoms with E-state index in [-0.39, 0.29) is 11.9 Å². The first-order valence-electron chi connectivity index (χ1n) is 5.14. The molecule has 0 aromatic carbocycles. The van der Waals surface area contributed by atoms with E-state index >= 15 is 0 Å². The number of likely N-dealkylation sites (N-methyl/N-ethyl adjacent to an activating group) is 1. The molecule has 0 aliphatic rings. The lowest BCUT2D eigenvalue weighted by molar-refractivity contribution is -0.149. The molecule has 2 unspecified atom stereocenters. The normalized spacial score (nSPS) is 14.4. The van der Waals surface area contributed by atoms with Crippen LogP contribution in [0, 0.1) is 0 Å². The molecular weight excluding hydrogens is 196 g/mol. The summed E-state index contributed by atoms with van der Waals surface area (Å²) in [4.78, 5) is 23.6. The molecule has 3 N–H and O–H groups in total. The summed E-state index contributed by atoms with van der Waals surface area (Å²) in [6.07, 6.45) is 1.30. The summed E-state index contributed by atoms with van der Waals surface area (Å²) < 4.78 is 0. The van der Waals surface area contributed by atoms with Crippen LogP contribution < -0.4 is 5.73 Å². The lowest BCUT2D eigenvalue weighted by Crippen LogP contribution is -2.42. The highest BCUT2D eigenvalue weighted by atomic mass is 16.4. The van der Waals surface area contributed by atoms with Gasteiger partial charge in [-0.3, -0.25) is 4.79 Å². The summed E-state index contributed by atoms with van der Waals surface area (Å²) in [6, 6.07) is -0.766. The van der Waals surface area contributed by atoms with Gasteiger partial charge in [-0.15, -0.1) is 0 Å². The maximum atomic E-state index is 11.6. The van der Waals surface area contributed by atoms with Gasteiger partial charge in [0.05, 0.1) is 0 Å². The van der Waals surface area contributed by atoms with Crippen LogP contribution >= 0.6 is 0 Å². The number of rotatable bonds is 6. The van der Waals surface area contributed by atoms with Crippen molar-refractivity contribution in [3.63, 3.8) is 0 Å². The molecule has 0 aliphatic carbocycles. The monoisotopic (exact) mass is 216 g/mol.